The topological polar surface area (TPSA) is 117 Å². The predicted octanol–water partition coefficient (Wildman–Crippen LogP) is 1.90. The largest absolute Gasteiger partial charge is 0.467 e. The van der Waals surface area contributed by atoms with Gasteiger partial charge in [0.2, 0.25) is 16.1 Å². The van der Waals surface area contributed by atoms with Crippen LogP contribution in [0.4, 0.5) is 10.5 Å². The number of hydrogen-bond acceptors (Lipinski definition) is 8. The van der Waals surface area contributed by atoms with Crippen molar-refractivity contribution < 1.29 is 19.1 Å². The van der Waals surface area contributed by atoms with Crippen molar-refractivity contribution in [3.8, 4) is 0 Å². The summed E-state index contributed by atoms with van der Waals surface area (Å²) in [5.74, 6) is -1.06. The van der Waals surface area contributed by atoms with Crippen LogP contribution >= 0.6 is 11.3 Å². The Kier molecular flexibility index (Phi) is 6.05. The number of para-hydroxylation sites is 1. The molecule has 0 radical (unpaired) electrons. The van der Waals surface area contributed by atoms with Gasteiger partial charge in [0, 0.05) is 30.8 Å². The standard InChI is InChI=1S/C32H28N6O5S/c1-19(28(41)43-4)37-23-18-12-11-17-22(23)24(26(37)39)25-27(40)38-29(44-25)33-31(20-13-7-5-8-14-20)32(34-38,21-15-9-6-10-16-21)36(3)30(42)35(31)2/h5-19,34H,1-4H3/b25-24-. The summed E-state index contributed by atoms with van der Waals surface area (Å²) in [4.78, 5) is 64.7. The molecule has 12 heteroatoms. The van der Waals surface area contributed by atoms with Gasteiger partial charge < -0.3 is 4.74 Å². The lowest BCUT2D eigenvalue weighted by molar-refractivity contribution is -0.142. The normalized spacial score (nSPS) is 23.9. The molecule has 1 fully saturated rings. The first-order chi connectivity index (χ1) is 21.2. The summed E-state index contributed by atoms with van der Waals surface area (Å²) in [7, 11) is 4.64. The summed E-state index contributed by atoms with van der Waals surface area (Å²) in [6.45, 7) is 1.59. The maximum absolute atomic E-state index is 14.3. The quantitative estimate of drug-likeness (QED) is 0.354. The Balaban J connectivity index is 1.56. The molecule has 0 spiro atoms. The molecule has 1 N–H and O–H groups in total. The lowest BCUT2D eigenvalue weighted by Gasteiger charge is -2.49. The summed E-state index contributed by atoms with van der Waals surface area (Å²) in [6.07, 6.45) is 0. The van der Waals surface area contributed by atoms with Gasteiger partial charge in [0.1, 0.15) is 10.6 Å². The van der Waals surface area contributed by atoms with E-state index < -0.39 is 34.8 Å². The molecule has 44 heavy (non-hydrogen) atoms. The minimum Gasteiger partial charge on any atom is -0.467 e. The zero-order valence-corrected chi connectivity index (χ0v) is 25.2. The van der Waals surface area contributed by atoms with E-state index in [1.54, 1.807) is 55.1 Å². The summed E-state index contributed by atoms with van der Waals surface area (Å²) in [5, 5.41) is 0. The number of benzene rings is 3. The number of anilines is 1. The molecule has 3 aliphatic heterocycles. The maximum atomic E-state index is 14.3. The summed E-state index contributed by atoms with van der Waals surface area (Å²) < 4.78 is 6.42. The fraction of sp³-hybridized carbons (Fsp3) is 0.219. The first-order valence-electron chi connectivity index (χ1n) is 14.0. The number of urea groups is 1. The molecule has 1 saturated heterocycles. The molecule has 3 unspecified atom stereocenters. The third-order valence-electron chi connectivity index (χ3n) is 8.77. The van der Waals surface area contributed by atoms with Gasteiger partial charge >= 0.3 is 12.0 Å². The van der Waals surface area contributed by atoms with Crippen molar-refractivity contribution in [2.24, 2.45) is 4.99 Å². The summed E-state index contributed by atoms with van der Waals surface area (Å²) >= 11 is 1.06. The number of likely N-dealkylation sites (N-methyl/N-ethyl adjacent to an activating group) is 2. The first-order valence-corrected chi connectivity index (χ1v) is 14.8. The fourth-order valence-electron chi connectivity index (χ4n) is 6.69. The van der Waals surface area contributed by atoms with E-state index in [2.05, 4.69) is 5.43 Å². The summed E-state index contributed by atoms with van der Waals surface area (Å²) in [5.41, 5.74) is 2.92. The minimum atomic E-state index is -1.34. The molecule has 4 heterocycles. The van der Waals surface area contributed by atoms with Crippen molar-refractivity contribution >= 4 is 40.5 Å². The van der Waals surface area contributed by atoms with E-state index in [-0.39, 0.29) is 20.9 Å². The molecule has 3 atom stereocenters. The van der Waals surface area contributed by atoms with Crippen molar-refractivity contribution in [3.63, 3.8) is 0 Å². The van der Waals surface area contributed by atoms with Crippen LogP contribution in [-0.2, 0) is 25.7 Å². The number of carbonyl (C=O) groups is 3. The molecule has 11 nitrogen and oxygen atoms in total. The number of ether oxygens (including phenoxy) is 1. The van der Waals surface area contributed by atoms with Crippen molar-refractivity contribution in [2.45, 2.75) is 24.3 Å². The van der Waals surface area contributed by atoms with Gasteiger partial charge in [0.05, 0.1) is 18.4 Å². The highest BCUT2D eigenvalue weighted by atomic mass is 32.1. The number of methoxy groups -OCH3 is 1. The predicted molar refractivity (Wildman–Crippen MR) is 164 cm³/mol. The molecule has 3 aromatic carbocycles. The van der Waals surface area contributed by atoms with Gasteiger partial charge in [-0.3, -0.25) is 29.7 Å². The molecular formula is C32H28N6O5S. The SMILES string of the molecule is COC(=O)C(C)N1C(=O)/C(=c2\sc3n(c2=O)NC2(c4ccccc4)N(C)C(=O)N(C)C2(c2ccccc2)N=3)c2ccccc21. The third-order valence-corrected chi connectivity index (χ3v) is 9.81. The van der Waals surface area contributed by atoms with Gasteiger partial charge in [-0.1, -0.05) is 90.2 Å². The number of thiazole rings is 1. The van der Waals surface area contributed by atoms with E-state index in [4.69, 9.17) is 9.73 Å². The summed E-state index contributed by atoms with van der Waals surface area (Å²) in [6, 6.07) is 24.7. The van der Waals surface area contributed by atoms with Crippen LogP contribution in [0.1, 0.15) is 23.6 Å². The molecule has 0 saturated carbocycles. The number of amides is 3. The Morgan fingerprint density at radius 2 is 1.50 bits per heavy atom. The van der Waals surface area contributed by atoms with Crippen LogP contribution in [0.15, 0.2) is 94.7 Å². The van der Waals surface area contributed by atoms with Crippen LogP contribution in [-0.4, -0.2) is 59.6 Å². The van der Waals surface area contributed by atoms with Crippen LogP contribution in [0.2, 0.25) is 0 Å². The van der Waals surface area contributed by atoms with Crippen LogP contribution in [0, 0.1) is 0 Å². The number of esters is 1. The number of nitrogens with zero attached hydrogens (tertiary/aromatic N) is 5. The molecule has 3 aliphatic rings. The Hall–Kier alpha value is -5.23. The average Bonchev–Trinajstić information content (AvgIpc) is 3.59. The zero-order valence-electron chi connectivity index (χ0n) is 24.3. The Morgan fingerprint density at radius 3 is 2.16 bits per heavy atom. The molecule has 0 aliphatic carbocycles. The molecule has 3 amide bonds. The number of aromatic nitrogens is 1. The first kappa shape index (κ1) is 27.6. The average molecular weight is 609 g/mol. The second kappa shape index (κ2) is 9.64. The molecule has 7 rings (SSSR count). The van der Waals surface area contributed by atoms with Crippen molar-refractivity contribution in [2.75, 3.05) is 31.5 Å². The number of nitrogens with one attached hydrogen (secondary N) is 1. The Labute approximate surface area is 255 Å². The van der Waals surface area contributed by atoms with Crippen LogP contribution in [0.5, 0.6) is 0 Å². The molecular weight excluding hydrogens is 580 g/mol. The van der Waals surface area contributed by atoms with Crippen LogP contribution in [0.25, 0.3) is 5.57 Å². The lowest BCUT2D eigenvalue weighted by Crippen LogP contribution is -2.67. The van der Waals surface area contributed by atoms with Crippen molar-refractivity contribution in [3.05, 3.63) is 121 Å². The maximum Gasteiger partial charge on any atom is 0.328 e. The van der Waals surface area contributed by atoms with Gasteiger partial charge in [0.15, 0.2) is 0 Å². The molecule has 222 valence electrons. The number of carbonyl (C=O) groups excluding carboxylic acids is 3. The molecule has 4 aromatic rings. The molecule has 0 bridgehead atoms. The number of rotatable bonds is 4. The lowest BCUT2D eigenvalue weighted by atomic mass is 9.80. The van der Waals surface area contributed by atoms with Gasteiger partial charge in [-0.15, -0.1) is 0 Å². The third kappa shape index (κ3) is 3.34. The number of fused-ring (bicyclic) bond motifs is 3. The van der Waals surface area contributed by atoms with Crippen LogP contribution in [0.3, 0.4) is 0 Å². The monoisotopic (exact) mass is 608 g/mol. The zero-order chi connectivity index (χ0) is 31.0. The second-order valence-corrected chi connectivity index (χ2v) is 11.8. The smallest absolute Gasteiger partial charge is 0.328 e. The molecule has 1 aromatic heterocycles. The highest BCUT2D eigenvalue weighted by molar-refractivity contribution is 7.07. The van der Waals surface area contributed by atoms with Gasteiger partial charge in [-0.25, -0.2) is 14.6 Å². The van der Waals surface area contributed by atoms with E-state index >= 15 is 0 Å². The van der Waals surface area contributed by atoms with E-state index in [1.807, 2.05) is 60.7 Å². The van der Waals surface area contributed by atoms with Crippen molar-refractivity contribution in [1.29, 1.82) is 0 Å². The van der Waals surface area contributed by atoms with Gasteiger partial charge in [-0.2, -0.15) is 4.68 Å². The van der Waals surface area contributed by atoms with Crippen molar-refractivity contribution in [1.82, 2.24) is 14.5 Å². The van der Waals surface area contributed by atoms with E-state index in [0.717, 1.165) is 16.9 Å². The van der Waals surface area contributed by atoms with E-state index in [1.165, 1.54) is 16.7 Å². The Bertz CT molecular complexity index is 2040. The highest BCUT2D eigenvalue weighted by Gasteiger charge is 2.69. The van der Waals surface area contributed by atoms with E-state index in [0.29, 0.717) is 16.8 Å². The number of hydrogen-bond donors (Lipinski definition) is 1. The second-order valence-electron chi connectivity index (χ2n) is 10.9. The van der Waals surface area contributed by atoms with Crippen LogP contribution < -0.4 is 25.2 Å². The highest BCUT2D eigenvalue weighted by Crippen LogP contribution is 2.53. The van der Waals surface area contributed by atoms with E-state index in [9.17, 15) is 19.2 Å². The minimum absolute atomic E-state index is 0.163. The Morgan fingerprint density at radius 1 is 0.886 bits per heavy atom. The van der Waals surface area contributed by atoms with Gasteiger partial charge in [0.25, 0.3) is 11.5 Å². The van der Waals surface area contributed by atoms with Gasteiger partial charge in [-0.05, 0) is 13.0 Å². The fourth-order valence-corrected chi connectivity index (χ4v) is 7.75.